The third kappa shape index (κ3) is 3.33. The Bertz CT molecular complexity index is 647. The number of nitrogens with two attached hydrogens (primary N) is 1. The van der Waals surface area contributed by atoms with Crippen LogP contribution in [0, 0.1) is 5.82 Å². The predicted molar refractivity (Wildman–Crippen MR) is 80.6 cm³/mol. The molecule has 3 nitrogen and oxygen atoms in total. The van der Waals surface area contributed by atoms with Gasteiger partial charge in [-0.3, -0.25) is 4.79 Å². The first-order valence-electron chi connectivity index (χ1n) is 5.29. The van der Waals surface area contributed by atoms with Crippen LogP contribution in [0.25, 0.3) is 0 Å². The van der Waals surface area contributed by atoms with Gasteiger partial charge in [0.2, 0.25) is 0 Å². The van der Waals surface area contributed by atoms with Gasteiger partial charge in [-0.05, 0) is 52.3 Å². The first-order valence-corrected chi connectivity index (χ1v) is 6.87. The number of nitrogens with one attached hydrogen (secondary N) is 1. The SMILES string of the molecule is Nc1cc(NC(=O)c2ccc(Br)cc2F)ccc1Br. The monoisotopic (exact) mass is 386 g/mol. The molecule has 98 valence electrons. The van der Waals surface area contributed by atoms with Gasteiger partial charge in [0.15, 0.2) is 0 Å². The Morgan fingerprint density at radius 1 is 1.16 bits per heavy atom. The minimum atomic E-state index is -0.586. The highest BCUT2D eigenvalue weighted by atomic mass is 79.9. The number of anilines is 2. The summed E-state index contributed by atoms with van der Waals surface area (Å²) in [5.74, 6) is -1.11. The second kappa shape index (κ2) is 5.71. The largest absolute Gasteiger partial charge is 0.398 e. The minimum Gasteiger partial charge on any atom is -0.398 e. The maximum absolute atomic E-state index is 13.6. The second-order valence-electron chi connectivity index (χ2n) is 3.81. The molecule has 6 heteroatoms. The van der Waals surface area contributed by atoms with Crippen molar-refractivity contribution in [2.45, 2.75) is 0 Å². The van der Waals surface area contributed by atoms with E-state index in [1.165, 1.54) is 12.1 Å². The predicted octanol–water partition coefficient (Wildman–Crippen LogP) is 4.19. The van der Waals surface area contributed by atoms with Crippen molar-refractivity contribution in [3.63, 3.8) is 0 Å². The summed E-state index contributed by atoms with van der Waals surface area (Å²) in [4.78, 5) is 11.9. The van der Waals surface area contributed by atoms with Gasteiger partial charge in [0.1, 0.15) is 5.82 Å². The standard InChI is InChI=1S/C13H9Br2FN2O/c14-7-1-3-9(11(16)5-7)13(19)18-8-2-4-10(15)12(17)6-8/h1-6H,17H2,(H,18,19). The molecule has 2 aromatic carbocycles. The molecule has 3 N–H and O–H groups in total. The van der Waals surface area contributed by atoms with Crippen molar-refractivity contribution in [3.8, 4) is 0 Å². The first kappa shape index (κ1) is 14.0. The maximum Gasteiger partial charge on any atom is 0.258 e. The fourth-order valence-electron chi connectivity index (χ4n) is 1.49. The van der Waals surface area contributed by atoms with Crippen LogP contribution < -0.4 is 11.1 Å². The lowest BCUT2D eigenvalue weighted by molar-refractivity contribution is 0.102. The van der Waals surface area contributed by atoms with Gasteiger partial charge in [-0.1, -0.05) is 15.9 Å². The van der Waals surface area contributed by atoms with E-state index >= 15 is 0 Å². The molecule has 1 amide bonds. The van der Waals surface area contributed by atoms with E-state index in [4.69, 9.17) is 5.73 Å². The van der Waals surface area contributed by atoms with E-state index in [-0.39, 0.29) is 5.56 Å². The van der Waals surface area contributed by atoms with Crippen LogP contribution in [0.15, 0.2) is 45.3 Å². The van der Waals surface area contributed by atoms with E-state index in [0.717, 1.165) is 4.47 Å². The average molecular weight is 388 g/mol. The number of halogens is 3. The van der Waals surface area contributed by atoms with Crippen LogP contribution >= 0.6 is 31.9 Å². The van der Waals surface area contributed by atoms with E-state index in [0.29, 0.717) is 15.8 Å². The lowest BCUT2D eigenvalue weighted by Crippen LogP contribution is -2.13. The summed E-state index contributed by atoms with van der Waals surface area (Å²) < 4.78 is 14.9. The molecule has 0 saturated carbocycles. The smallest absolute Gasteiger partial charge is 0.258 e. The van der Waals surface area contributed by atoms with Gasteiger partial charge in [0, 0.05) is 20.3 Å². The van der Waals surface area contributed by atoms with Gasteiger partial charge in [-0.2, -0.15) is 0 Å². The molecule has 2 aromatic rings. The Labute approximate surface area is 126 Å². The number of nitrogen functional groups attached to an aromatic ring is 1. The van der Waals surface area contributed by atoms with Crippen molar-refractivity contribution < 1.29 is 9.18 Å². The van der Waals surface area contributed by atoms with Crippen LogP contribution in [-0.4, -0.2) is 5.91 Å². The number of carbonyl (C=O) groups is 1. The van der Waals surface area contributed by atoms with Crippen molar-refractivity contribution in [2.24, 2.45) is 0 Å². The van der Waals surface area contributed by atoms with Crippen molar-refractivity contribution in [1.82, 2.24) is 0 Å². The number of rotatable bonds is 2. The molecule has 0 saturated heterocycles. The summed E-state index contributed by atoms with van der Waals surface area (Å²) in [5, 5.41) is 2.59. The Balaban J connectivity index is 2.23. The maximum atomic E-state index is 13.6. The Morgan fingerprint density at radius 2 is 1.89 bits per heavy atom. The van der Waals surface area contributed by atoms with Crippen molar-refractivity contribution in [2.75, 3.05) is 11.1 Å². The molecule has 0 bridgehead atoms. The van der Waals surface area contributed by atoms with Crippen LogP contribution in [0.1, 0.15) is 10.4 Å². The zero-order valence-electron chi connectivity index (χ0n) is 9.58. The van der Waals surface area contributed by atoms with Crippen LogP contribution in [0.3, 0.4) is 0 Å². The van der Waals surface area contributed by atoms with Crippen LogP contribution in [0.4, 0.5) is 15.8 Å². The molecule has 0 fully saturated rings. The summed E-state index contributed by atoms with van der Waals surface area (Å²) in [6, 6.07) is 9.24. The summed E-state index contributed by atoms with van der Waals surface area (Å²) >= 11 is 6.39. The van der Waals surface area contributed by atoms with Gasteiger partial charge >= 0.3 is 0 Å². The molecule has 0 aliphatic rings. The molecule has 0 spiro atoms. The van der Waals surface area contributed by atoms with Gasteiger partial charge in [-0.25, -0.2) is 4.39 Å². The molecule has 0 aliphatic carbocycles. The van der Waals surface area contributed by atoms with Crippen LogP contribution in [0.2, 0.25) is 0 Å². The molecule has 0 aliphatic heterocycles. The molecular formula is C13H9Br2FN2O. The summed E-state index contributed by atoms with van der Waals surface area (Å²) in [5.41, 5.74) is 6.68. The van der Waals surface area contributed by atoms with E-state index in [1.807, 2.05) is 0 Å². The van der Waals surface area contributed by atoms with E-state index in [1.54, 1.807) is 24.3 Å². The second-order valence-corrected chi connectivity index (χ2v) is 5.58. The van der Waals surface area contributed by atoms with Crippen molar-refractivity contribution in [3.05, 3.63) is 56.7 Å². The molecule has 0 unspecified atom stereocenters. The van der Waals surface area contributed by atoms with Crippen LogP contribution in [0.5, 0.6) is 0 Å². The van der Waals surface area contributed by atoms with Gasteiger partial charge in [-0.15, -0.1) is 0 Å². The van der Waals surface area contributed by atoms with E-state index in [9.17, 15) is 9.18 Å². The van der Waals surface area contributed by atoms with E-state index < -0.39 is 11.7 Å². The number of hydrogen-bond acceptors (Lipinski definition) is 2. The number of hydrogen-bond donors (Lipinski definition) is 2. The highest BCUT2D eigenvalue weighted by Crippen LogP contribution is 2.23. The average Bonchev–Trinajstić information content (AvgIpc) is 2.33. The molecule has 2 rings (SSSR count). The molecule has 0 aromatic heterocycles. The van der Waals surface area contributed by atoms with E-state index in [2.05, 4.69) is 37.2 Å². The third-order valence-corrected chi connectivity index (χ3v) is 3.65. The summed E-state index contributed by atoms with van der Waals surface area (Å²) in [7, 11) is 0. The minimum absolute atomic E-state index is 0.0234. The normalized spacial score (nSPS) is 10.3. The quantitative estimate of drug-likeness (QED) is 0.759. The Kier molecular flexibility index (Phi) is 4.21. The van der Waals surface area contributed by atoms with Crippen molar-refractivity contribution in [1.29, 1.82) is 0 Å². The number of benzene rings is 2. The zero-order chi connectivity index (χ0) is 14.0. The highest BCUT2D eigenvalue weighted by molar-refractivity contribution is 9.10. The Hall–Kier alpha value is -1.40. The van der Waals surface area contributed by atoms with Gasteiger partial charge in [0.05, 0.1) is 5.56 Å². The number of amides is 1. The highest BCUT2D eigenvalue weighted by Gasteiger charge is 2.12. The lowest BCUT2D eigenvalue weighted by atomic mass is 10.2. The van der Waals surface area contributed by atoms with Gasteiger partial charge in [0.25, 0.3) is 5.91 Å². The molecule has 0 atom stereocenters. The fourth-order valence-corrected chi connectivity index (χ4v) is 2.07. The Morgan fingerprint density at radius 3 is 2.53 bits per heavy atom. The van der Waals surface area contributed by atoms with Gasteiger partial charge < -0.3 is 11.1 Å². The topological polar surface area (TPSA) is 55.1 Å². The first-order chi connectivity index (χ1) is 8.97. The molecule has 0 heterocycles. The fraction of sp³-hybridized carbons (Fsp3) is 0. The molecule has 19 heavy (non-hydrogen) atoms. The lowest BCUT2D eigenvalue weighted by Gasteiger charge is -2.08. The summed E-state index contributed by atoms with van der Waals surface area (Å²) in [6.45, 7) is 0. The molecule has 0 radical (unpaired) electrons. The van der Waals surface area contributed by atoms with Crippen LogP contribution in [-0.2, 0) is 0 Å². The molecular weight excluding hydrogens is 379 g/mol. The van der Waals surface area contributed by atoms with Crippen molar-refractivity contribution >= 4 is 49.1 Å². The summed E-state index contributed by atoms with van der Waals surface area (Å²) in [6.07, 6.45) is 0. The number of carbonyl (C=O) groups excluding carboxylic acids is 1. The third-order valence-electron chi connectivity index (χ3n) is 2.43. The zero-order valence-corrected chi connectivity index (χ0v) is 12.8.